The molecule has 1 unspecified atom stereocenters. The molecule has 0 spiro atoms. The summed E-state index contributed by atoms with van der Waals surface area (Å²) in [5.41, 5.74) is 0. The van der Waals surface area contributed by atoms with Gasteiger partial charge in [-0.2, -0.15) is 0 Å². The Labute approximate surface area is 66.7 Å². The molecule has 0 aromatic carbocycles. The van der Waals surface area contributed by atoms with Crippen LogP contribution in [0.3, 0.4) is 0 Å². The third kappa shape index (κ3) is 3.75. The number of rotatable bonds is 3. The van der Waals surface area contributed by atoms with Crippen LogP contribution in [0, 0.1) is 5.92 Å². The van der Waals surface area contributed by atoms with Gasteiger partial charge in [-0.1, -0.05) is 13.8 Å². The molecule has 64 valence electrons. The highest BCUT2D eigenvalue weighted by Crippen LogP contribution is 2.00. The molecule has 0 aromatic rings. The molecular weight excluding hydrogens is 144 g/mol. The van der Waals surface area contributed by atoms with E-state index in [4.69, 9.17) is 4.74 Å². The van der Waals surface area contributed by atoms with E-state index in [9.17, 15) is 9.59 Å². The van der Waals surface area contributed by atoms with E-state index in [1.165, 1.54) is 6.92 Å². The summed E-state index contributed by atoms with van der Waals surface area (Å²) in [6, 6.07) is 0. The van der Waals surface area contributed by atoms with Crippen molar-refractivity contribution in [3.8, 4) is 0 Å². The Morgan fingerprint density at radius 1 is 1.18 bits per heavy atom. The predicted molar refractivity (Wildman–Crippen MR) is 41.1 cm³/mol. The van der Waals surface area contributed by atoms with Crippen molar-refractivity contribution < 1.29 is 14.3 Å². The van der Waals surface area contributed by atoms with Gasteiger partial charge in [0.05, 0.1) is 5.92 Å². The molecule has 0 rings (SSSR count). The molecule has 3 nitrogen and oxygen atoms in total. The number of hydrogen-bond acceptors (Lipinski definition) is 3. The van der Waals surface area contributed by atoms with Crippen molar-refractivity contribution in [3.63, 3.8) is 0 Å². The topological polar surface area (TPSA) is 43.4 Å². The SMILES string of the molecule is CC(=O)C(C)OC(=O)C(C)C. The van der Waals surface area contributed by atoms with Crippen molar-refractivity contribution in [3.05, 3.63) is 0 Å². The zero-order valence-electron chi connectivity index (χ0n) is 7.38. The van der Waals surface area contributed by atoms with E-state index in [2.05, 4.69) is 0 Å². The molecule has 3 heteroatoms. The summed E-state index contributed by atoms with van der Waals surface area (Å²) in [6.45, 7) is 6.44. The Balaban J connectivity index is 3.85. The molecule has 0 aliphatic heterocycles. The second-order valence-electron chi connectivity index (χ2n) is 2.84. The van der Waals surface area contributed by atoms with E-state index < -0.39 is 6.10 Å². The molecule has 0 amide bonds. The van der Waals surface area contributed by atoms with E-state index in [0.717, 1.165) is 0 Å². The molecule has 0 N–H and O–H groups in total. The van der Waals surface area contributed by atoms with Crippen molar-refractivity contribution in [2.24, 2.45) is 5.92 Å². The zero-order chi connectivity index (χ0) is 9.02. The van der Waals surface area contributed by atoms with Crippen molar-refractivity contribution in [2.45, 2.75) is 33.8 Å². The molecule has 0 aliphatic rings. The molecule has 0 bridgehead atoms. The van der Waals surface area contributed by atoms with Crippen LogP contribution in [0.1, 0.15) is 27.7 Å². The Morgan fingerprint density at radius 3 is 1.91 bits per heavy atom. The lowest BCUT2D eigenvalue weighted by molar-refractivity contribution is -0.156. The Bertz CT molecular complexity index is 161. The molecule has 0 aromatic heterocycles. The average molecular weight is 158 g/mol. The standard InChI is InChI=1S/C8H14O3/c1-5(2)8(10)11-7(4)6(3)9/h5,7H,1-4H3. The highest BCUT2D eigenvalue weighted by Gasteiger charge is 2.15. The number of esters is 1. The van der Waals surface area contributed by atoms with E-state index >= 15 is 0 Å². The number of Topliss-reactive ketones (excluding diaryl/α,β-unsaturated/α-hetero) is 1. The molecule has 11 heavy (non-hydrogen) atoms. The number of ketones is 1. The van der Waals surface area contributed by atoms with Crippen LogP contribution < -0.4 is 0 Å². The first-order chi connectivity index (χ1) is 4.95. The van der Waals surface area contributed by atoms with Crippen LogP contribution in [0.15, 0.2) is 0 Å². The lowest BCUT2D eigenvalue weighted by Crippen LogP contribution is -2.24. The minimum absolute atomic E-state index is 0.126. The number of carbonyl (C=O) groups excluding carboxylic acids is 2. The normalized spacial score (nSPS) is 12.8. The number of ether oxygens (including phenoxy) is 1. The van der Waals surface area contributed by atoms with E-state index in [-0.39, 0.29) is 17.7 Å². The molecule has 0 fully saturated rings. The summed E-state index contributed by atoms with van der Waals surface area (Å²) < 4.78 is 4.78. The first kappa shape index (κ1) is 10.1. The van der Waals surface area contributed by atoms with Gasteiger partial charge in [-0.15, -0.1) is 0 Å². The number of carbonyl (C=O) groups is 2. The zero-order valence-corrected chi connectivity index (χ0v) is 7.38. The van der Waals surface area contributed by atoms with Gasteiger partial charge in [0.2, 0.25) is 0 Å². The van der Waals surface area contributed by atoms with Crippen LogP contribution in [0.2, 0.25) is 0 Å². The van der Waals surface area contributed by atoms with Crippen molar-refractivity contribution >= 4 is 11.8 Å². The van der Waals surface area contributed by atoms with Crippen molar-refractivity contribution in [2.75, 3.05) is 0 Å². The Morgan fingerprint density at radius 2 is 1.64 bits per heavy atom. The van der Waals surface area contributed by atoms with Gasteiger partial charge in [-0.25, -0.2) is 0 Å². The van der Waals surface area contributed by atoms with Gasteiger partial charge >= 0.3 is 5.97 Å². The quantitative estimate of drug-likeness (QED) is 0.579. The van der Waals surface area contributed by atoms with Crippen molar-refractivity contribution in [1.29, 1.82) is 0 Å². The van der Waals surface area contributed by atoms with Gasteiger partial charge < -0.3 is 4.74 Å². The van der Waals surface area contributed by atoms with Crippen LogP contribution in [0.25, 0.3) is 0 Å². The van der Waals surface area contributed by atoms with Gasteiger partial charge in [-0.05, 0) is 13.8 Å². The second kappa shape index (κ2) is 4.11. The Kier molecular flexibility index (Phi) is 3.79. The van der Waals surface area contributed by atoms with Crippen LogP contribution in [-0.4, -0.2) is 17.9 Å². The van der Waals surface area contributed by atoms with Gasteiger partial charge in [-0.3, -0.25) is 9.59 Å². The first-order valence-corrected chi connectivity index (χ1v) is 3.66. The van der Waals surface area contributed by atoms with Crippen LogP contribution in [0.4, 0.5) is 0 Å². The minimum atomic E-state index is -0.607. The highest BCUT2D eigenvalue weighted by atomic mass is 16.5. The summed E-state index contributed by atoms with van der Waals surface area (Å²) in [6.07, 6.45) is -0.607. The third-order valence-electron chi connectivity index (χ3n) is 1.34. The largest absolute Gasteiger partial charge is 0.454 e. The van der Waals surface area contributed by atoms with E-state index in [0.29, 0.717) is 0 Å². The van der Waals surface area contributed by atoms with E-state index in [1.807, 2.05) is 0 Å². The summed E-state index contributed by atoms with van der Waals surface area (Å²) >= 11 is 0. The lowest BCUT2D eigenvalue weighted by atomic mass is 10.2. The fourth-order valence-corrected chi connectivity index (χ4v) is 0.393. The summed E-state index contributed by atoms with van der Waals surface area (Å²) in [7, 11) is 0. The number of hydrogen-bond donors (Lipinski definition) is 0. The Hall–Kier alpha value is -0.860. The van der Waals surface area contributed by atoms with Crippen LogP contribution in [0.5, 0.6) is 0 Å². The monoisotopic (exact) mass is 158 g/mol. The first-order valence-electron chi connectivity index (χ1n) is 3.66. The molecule has 1 atom stereocenters. The molecule has 0 saturated carbocycles. The molecule has 0 saturated heterocycles. The predicted octanol–water partition coefficient (Wildman–Crippen LogP) is 1.16. The van der Waals surface area contributed by atoms with Gasteiger partial charge in [0.1, 0.15) is 0 Å². The van der Waals surface area contributed by atoms with Gasteiger partial charge in [0.25, 0.3) is 0 Å². The minimum Gasteiger partial charge on any atom is -0.454 e. The third-order valence-corrected chi connectivity index (χ3v) is 1.34. The summed E-state index contributed by atoms with van der Waals surface area (Å²) in [5, 5.41) is 0. The van der Waals surface area contributed by atoms with Gasteiger partial charge in [0, 0.05) is 0 Å². The molecular formula is C8H14O3. The van der Waals surface area contributed by atoms with Gasteiger partial charge in [0.15, 0.2) is 11.9 Å². The van der Waals surface area contributed by atoms with E-state index in [1.54, 1.807) is 20.8 Å². The average Bonchev–Trinajstić information content (AvgIpc) is 1.87. The maximum absolute atomic E-state index is 10.9. The second-order valence-corrected chi connectivity index (χ2v) is 2.84. The summed E-state index contributed by atoms with van der Waals surface area (Å²) in [5.74, 6) is -0.622. The summed E-state index contributed by atoms with van der Waals surface area (Å²) in [4.78, 5) is 21.5. The lowest BCUT2D eigenvalue weighted by Gasteiger charge is -2.11. The maximum Gasteiger partial charge on any atom is 0.309 e. The highest BCUT2D eigenvalue weighted by molar-refractivity contribution is 5.83. The fourth-order valence-electron chi connectivity index (χ4n) is 0.393. The molecule has 0 aliphatic carbocycles. The molecule has 0 radical (unpaired) electrons. The fraction of sp³-hybridized carbons (Fsp3) is 0.750. The van der Waals surface area contributed by atoms with Crippen LogP contribution in [-0.2, 0) is 14.3 Å². The maximum atomic E-state index is 10.9. The van der Waals surface area contributed by atoms with Crippen molar-refractivity contribution in [1.82, 2.24) is 0 Å². The van der Waals surface area contributed by atoms with Crippen LogP contribution >= 0.6 is 0 Å². The smallest absolute Gasteiger partial charge is 0.309 e. The molecule has 0 heterocycles.